The molecule has 3 rings (SSSR count). The molecule has 1 saturated carbocycles. The van der Waals surface area contributed by atoms with Gasteiger partial charge in [-0.15, -0.1) is 0 Å². The zero-order chi connectivity index (χ0) is 22.6. The van der Waals surface area contributed by atoms with E-state index in [0.29, 0.717) is 17.5 Å². The quantitative estimate of drug-likeness (QED) is 0.672. The minimum atomic E-state index is -3.22. The second-order valence-corrected chi connectivity index (χ2v) is 10.1. The van der Waals surface area contributed by atoms with Crippen LogP contribution in [0.25, 0.3) is 11.1 Å². The molecule has 31 heavy (non-hydrogen) atoms. The summed E-state index contributed by atoms with van der Waals surface area (Å²) in [6.45, 7) is 0.641. The van der Waals surface area contributed by atoms with Crippen molar-refractivity contribution in [2.45, 2.75) is 49.2 Å². The second kappa shape index (κ2) is 9.70. The van der Waals surface area contributed by atoms with Crippen molar-refractivity contribution in [1.29, 1.82) is 0 Å². The molecule has 1 aliphatic rings. The Bertz CT molecular complexity index is 1010. The molecule has 168 valence electrons. The predicted octanol–water partition coefficient (Wildman–Crippen LogP) is 3.78. The van der Waals surface area contributed by atoms with E-state index in [-0.39, 0.29) is 6.04 Å². The largest absolute Gasteiger partial charge is 0.496 e. The van der Waals surface area contributed by atoms with Gasteiger partial charge in [0, 0.05) is 37.5 Å². The fourth-order valence-electron chi connectivity index (χ4n) is 4.07. The van der Waals surface area contributed by atoms with E-state index in [4.69, 9.17) is 9.84 Å². The molecule has 0 heterocycles. The number of hydrogen-bond donors (Lipinski definition) is 2. The summed E-state index contributed by atoms with van der Waals surface area (Å²) in [4.78, 5) is 12.9. The standard InChI is InChI=1S/C23H30N2O5S/c1-25(23(26)27)20-9-7-19(8-10-20)24-15-18-14-17(6-13-22(18)30-2)16-4-11-21(12-5-16)31(3,28)29/h4-6,11-14,19-20,24H,7-10,15H2,1-3H3,(H,26,27). The zero-order valence-corrected chi connectivity index (χ0v) is 19.0. The van der Waals surface area contributed by atoms with Crippen LogP contribution in [0.5, 0.6) is 5.75 Å². The van der Waals surface area contributed by atoms with E-state index in [0.717, 1.165) is 48.1 Å². The lowest BCUT2D eigenvalue weighted by atomic mass is 9.90. The molecule has 0 aromatic heterocycles. The predicted molar refractivity (Wildman–Crippen MR) is 120 cm³/mol. The summed E-state index contributed by atoms with van der Waals surface area (Å²) in [5, 5.41) is 12.7. The highest BCUT2D eigenvalue weighted by Crippen LogP contribution is 2.29. The number of nitrogens with one attached hydrogen (secondary N) is 1. The van der Waals surface area contributed by atoms with Crippen LogP contribution >= 0.6 is 0 Å². The van der Waals surface area contributed by atoms with Gasteiger partial charge in [0.25, 0.3) is 0 Å². The maximum atomic E-state index is 11.7. The molecule has 0 atom stereocenters. The average Bonchev–Trinajstić information content (AvgIpc) is 2.76. The van der Waals surface area contributed by atoms with Crippen molar-refractivity contribution in [3.63, 3.8) is 0 Å². The number of amides is 1. The Morgan fingerprint density at radius 2 is 1.71 bits per heavy atom. The van der Waals surface area contributed by atoms with Crippen molar-refractivity contribution in [3.05, 3.63) is 48.0 Å². The van der Waals surface area contributed by atoms with Gasteiger partial charge >= 0.3 is 6.09 Å². The van der Waals surface area contributed by atoms with E-state index in [1.54, 1.807) is 26.3 Å². The highest BCUT2D eigenvalue weighted by atomic mass is 32.2. The van der Waals surface area contributed by atoms with Crippen molar-refractivity contribution >= 4 is 15.9 Å². The highest BCUT2D eigenvalue weighted by molar-refractivity contribution is 7.90. The van der Waals surface area contributed by atoms with Crippen LogP contribution in [-0.2, 0) is 16.4 Å². The summed E-state index contributed by atoms with van der Waals surface area (Å²) < 4.78 is 28.9. The molecule has 0 saturated heterocycles. The van der Waals surface area contributed by atoms with Crippen LogP contribution in [0.1, 0.15) is 31.2 Å². The topological polar surface area (TPSA) is 95.9 Å². The molecular formula is C23H30N2O5S. The van der Waals surface area contributed by atoms with Crippen molar-refractivity contribution in [3.8, 4) is 16.9 Å². The van der Waals surface area contributed by atoms with Gasteiger partial charge < -0.3 is 20.1 Å². The van der Waals surface area contributed by atoms with Crippen LogP contribution in [0.3, 0.4) is 0 Å². The lowest BCUT2D eigenvalue weighted by molar-refractivity contribution is 0.122. The maximum absolute atomic E-state index is 11.7. The zero-order valence-electron chi connectivity index (χ0n) is 18.2. The van der Waals surface area contributed by atoms with Gasteiger partial charge in [0.1, 0.15) is 5.75 Å². The lowest BCUT2D eigenvalue weighted by Gasteiger charge is -2.33. The van der Waals surface area contributed by atoms with Gasteiger partial charge in [-0.05, 0) is 61.1 Å². The van der Waals surface area contributed by atoms with E-state index in [2.05, 4.69) is 11.4 Å². The van der Waals surface area contributed by atoms with Gasteiger partial charge in [0.15, 0.2) is 9.84 Å². The van der Waals surface area contributed by atoms with Crippen molar-refractivity contribution in [1.82, 2.24) is 10.2 Å². The third kappa shape index (κ3) is 5.77. The van der Waals surface area contributed by atoms with E-state index in [9.17, 15) is 13.2 Å². The van der Waals surface area contributed by atoms with Gasteiger partial charge in [0.2, 0.25) is 0 Å². The molecule has 2 aromatic carbocycles. The minimum absolute atomic E-state index is 0.0864. The first-order valence-corrected chi connectivity index (χ1v) is 12.2. The normalized spacial score (nSPS) is 19.1. The number of hydrogen-bond acceptors (Lipinski definition) is 5. The SMILES string of the molecule is COc1ccc(-c2ccc(S(C)(=O)=O)cc2)cc1CNC1CCC(N(C)C(=O)O)CC1. The molecule has 2 aromatic rings. The van der Waals surface area contributed by atoms with Gasteiger partial charge in [-0.2, -0.15) is 0 Å². The van der Waals surface area contributed by atoms with E-state index >= 15 is 0 Å². The van der Waals surface area contributed by atoms with Crippen LogP contribution in [0.4, 0.5) is 4.79 Å². The Morgan fingerprint density at radius 3 is 2.26 bits per heavy atom. The van der Waals surface area contributed by atoms with Crippen LogP contribution < -0.4 is 10.1 Å². The molecule has 0 radical (unpaired) electrons. The Kier molecular flexibility index (Phi) is 7.23. The number of ether oxygens (including phenoxy) is 1. The summed E-state index contributed by atoms with van der Waals surface area (Å²) in [7, 11) is 0.0622. The first-order chi connectivity index (χ1) is 14.7. The molecule has 2 N–H and O–H groups in total. The summed E-state index contributed by atoms with van der Waals surface area (Å²) >= 11 is 0. The molecule has 8 heteroatoms. The summed E-state index contributed by atoms with van der Waals surface area (Å²) in [6.07, 6.45) is 3.89. The molecule has 7 nitrogen and oxygen atoms in total. The number of methoxy groups -OCH3 is 1. The summed E-state index contributed by atoms with van der Waals surface area (Å²) in [5.74, 6) is 0.795. The third-order valence-electron chi connectivity index (χ3n) is 6.02. The maximum Gasteiger partial charge on any atom is 0.407 e. The van der Waals surface area contributed by atoms with E-state index in [1.165, 1.54) is 11.2 Å². The molecule has 1 aliphatic carbocycles. The van der Waals surface area contributed by atoms with E-state index < -0.39 is 15.9 Å². The van der Waals surface area contributed by atoms with Crippen molar-refractivity contribution in [2.75, 3.05) is 20.4 Å². The van der Waals surface area contributed by atoms with Crippen LogP contribution in [-0.4, -0.2) is 57.0 Å². The van der Waals surface area contributed by atoms with Crippen molar-refractivity contribution in [2.24, 2.45) is 0 Å². The monoisotopic (exact) mass is 446 g/mol. The molecule has 0 bridgehead atoms. The number of nitrogens with zero attached hydrogens (tertiary/aromatic N) is 1. The summed E-state index contributed by atoms with van der Waals surface area (Å²) in [6, 6.07) is 13.2. The fourth-order valence-corrected chi connectivity index (χ4v) is 4.70. The number of carboxylic acid groups (broad SMARTS) is 1. The first-order valence-electron chi connectivity index (χ1n) is 10.4. The second-order valence-electron chi connectivity index (χ2n) is 8.10. The smallest absolute Gasteiger partial charge is 0.407 e. The third-order valence-corrected chi connectivity index (χ3v) is 7.15. The van der Waals surface area contributed by atoms with Gasteiger partial charge in [-0.3, -0.25) is 0 Å². The Balaban J connectivity index is 1.67. The number of rotatable bonds is 7. The van der Waals surface area contributed by atoms with Crippen molar-refractivity contribution < 1.29 is 23.1 Å². The highest BCUT2D eigenvalue weighted by Gasteiger charge is 2.26. The molecular weight excluding hydrogens is 416 g/mol. The fraction of sp³-hybridized carbons (Fsp3) is 0.435. The van der Waals surface area contributed by atoms with E-state index in [1.807, 2.05) is 24.3 Å². The van der Waals surface area contributed by atoms with Crippen LogP contribution in [0.2, 0.25) is 0 Å². The lowest BCUT2D eigenvalue weighted by Crippen LogP contribution is -2.42. The summed E-state index contributed by atoms with van der Waals surface area (Å²) in [5.41, 5.74) is 2.95. The average molecular weight is 447 g/mol. The molecule has 0 aliphatic heterocycles. The van der Waals surface area contributed by atoms with Crippen LogP contribution in [0, 0.1) is 0 Å². The Hall–Kier alpha value is -2.58. The van der Waals surface area contributed by atoms with Crippen LogP contribution in [0.15, 0.2) is 47.4 Å². The van der Waals surface area contributed by atoms with Gasteiger partial charge in [-0.1, -0.05) is 18.2 Å². The first kappa shape index (κ1) is 23.1. The number of carbonyl (C=O) groups is 1. The molecule has 1 amide bonds. The molecule has 0 unspecified atom stereocenters. The minimum Gasteiger partial charge on any atom is -0.496 e. The van der Waals surface area contributed by atoms with Gasteiger partial charge in [0.05, 0.1) is 12.0 Å². The van der Waals surface area contributed by atoms with Gasteiger partial charge in [-0.25, -0.2) is 13.2 Å². The molecule has 1 fully saturated rings. The number of sulfone groups is 1. The number of benzene rings is 2. The molecule has 0 spiro atoms. The Labute approximate surface area is 184 Å². The Morgan fingerprint density at radius 1 is 1.10 bits per heavy atom.